The third-order valence-electron chi connectivity index (χ3n) is 4.28. The van der Waals surface area contributed by atoms with Crippen molar-refractivity contribution >= 4 is 27.5 Å². The Bertz CT molecular complexity index is 794. The third-order valence-corrected chi connectivity index (χ3v) is 6.19. The van der Waals surface area contributed by atoms with E-state index in [-0.39, 0.29) is 35.3 Å². The number of nitrogens with zero attached hydrogens (tertiary/aromatic N) is 1. The van der Waals surface area contributed by atoms with Crippen molar-refractivity contribution in [2.24, 2.45) is 0 Å². The van der Waals surface area contributed by atoms with Gasteiger partial charge in [-0.1, -0.05) is 0 Å². The first kappa shape index (κ1) is 22.3. The normalized spacial score (nSPS) is 16.6. The number of amides is 2. The lowest BCUT2D eigenvalue weighted by Gasteiger charge is -2.21. The summed E-state index contributed by atoms with van der Waals surface area (Å²) in [5, 5.41) is 5.61. The van der Waals surface area contributed by atoms with Gasteiger partial charge in [0.1, 0.15) is 0 Å². The number of hydrogen-bond acceptors (Lipinski definition) is 4. The lowest BCUT2D eigenvalue weighted by Crippen LogP contribution is -3.11. The van der Waals surface area contributed by atoms with Crippen molar-refractivity contribution in [3.8, 4) is 0 Å². The molecule has 0 aliphatic carbocycles. The lowest BCUT2D eigenvalue weighted by molar-refractivity contribution is -0.862. The number of likely N-dealkylation sites (N-methyl/N-ethyl adjacent to an activating group) is 1. The van der Waals surface area contributed by atoms with Gasteiger partial charge >= 0.3 is 0 Å². The molecule has 0 aromatic heterocycles. The smallest absolute Gasteiger partial charge is 0.279 e. The summed E-state index contributed by atoms with van der Waals surface area (Å²) in [5.41, 5.74) is 0.217. The minimum Gasteiger partial charge on any atom is -0.347 e. The van der Waals surface area contributed by atoms with Gasteiger partial charge in [-0.2, -0.15) is 4.31 Å². The highest BCUT2D eigenvalue weighted by Crippen LogP contribution is 2.22. The fourth-order valence-corrected chi connectivity index (χ4v) is 4.58. The molecule has 1 aromatic rings. The first-order valence-corrected chi connectivity index (χ1v) is 10.9. The maximum absolute atomic E-state index is 12.5. The van der Waals surface area contributed by atoms with Crippen molar-refractivity contribution in [2.45, 2.75) is 44.0 Å². The van der Waals surface area contributed by atoms with E-state index >= 15 is 0 Å². The van der Waals surface area contributed by atoms with Crippen LogP contribution in [-0.4, -0.2) is 63.3 Å². The molecule has 8 nitrogen and oxygen atoms in total. The second-order valence-corrected chi connectivity index (χ2v) is 10.2. The van der Waals surface area contributed by atoms with Gasteiger partial charge in [0, 0.05) is 24.3 Å². The molecule has 1 aliphatic rings. The third kappa shape index (κ3) is 6.57. The van der Waals surface area contributed by atoms with Crippen molar-refractivity contribution < 1.29 is 22.9 Å². The van der Waals surface area contributed by atoms with E-state index in [0.29, 0.717) is 18.8 Å². The number of sulfonamides is 1. The molecule has 1 aromatic carbocycles. The summed E-state index contributed by atoms with van der Waals surface area (Å²) >= 11 is 0. The Hall–Kier alpha value is -1.97. The lowest BCUT2D eigenvalue weighted by atomic mass is 10.1. The largest absolute Gasteiger partial charge is 0.347 e. The quantitative estimate of drug-likeness (QED) is 0.580. The van der Waals surface area contributed by atoms with Gasteiger partial charge < -0.3 is 15.5 Å². The second kappa shape index (κ2) is 9.02. The van der Waals surface area contributed by atoms with E-state index in [1.54, 1.807) is 19.2 Å². The zero-order valence-corrected chi connectivity index (χ0v) is 17.9. The number of quaternary nitrogens is 1. The van der Waals surface area contributed by atoms with Gasteiger partial charge in [0.05, 0.1) is 11.9 Å². The molecular formula is C19H31N4O4S+. The van der Waals surface area contributed by atoms with Crippen LogP contribution in [0.4, 0.5) is 5.69 Å². The summed E-state index contributed by atoms with van der Waals surface area (Å²) in [6.45, 7) is 7.14. The van der Waals surface area contributed by atoms with Crippen LogP contribution in [0.15, 0.2) is 29.2 Å². The van der Waals surface area contributed by atoms with Crippen LogP contribution in [0.25, 0.3) is 0 Å². The van der Waals surface area contributed by atoms with E-state index < -0.39 is 10.0 Å². The number of carbonyl (C=O) groups is 2. The molecule has 2 rings (SSSR count). The standard InChI is InChI=1S/C19H30N4O4S/c1-19(2,3)21-18(25)14-22(4)13-17(24)20-15-7-9-16(10-8-15)28(26,27)23-11-5-6-12-23/h7-10H,5-6,11-14H2,1-4H3,(H,20,24)(H,21,25)/p+1. The summed E-state index contributed by atoms with van der Waals surface area (Å²) < 4.78 is 26.5. The number of rotatable bonds is 7. The Morgan fingerprint density at radius 1 is 1.04 bits per heavy atom. The van der Waals surface area contributed by atoms with E-state index in [4.69, 9.17) is 0 Å². The van der Waals surface area contributed by atoms with Gasteiger partial charge in [0.15, 0.2) is 13.1 Å². The summed E-state index contributed by atoms with van der Waals surface area (Å²) in [6, 6.07) is 6.19. The fraction of sp³-hybridized carbons (Fsp3) is 0.579. The van der Waals surface area contributed by atoms with Crippen molar-refractivity contribution in [2.75, 3.05) is 38.5 Å². The maximum atomic E-state index is 12.5. The monoisotopic (exact) mass is 411 g/mol. The molecule has 0 radical (unpaired) electrons. The molecule has 1 aliphatic heterocycles. The molecule has 0 saturated carbocycles. The molecule has 0 spiro atoms. The molecule has 2 amide bonds. The number of nitrogens with one attached hydrogen (secondary N) is 3. The molecule has 156 valence electrons. The van der Waals surface area contributed by atoms with E-state index in [1.165, 1.54) is 16.4 Å². The molecule has 1 heterocycles. The van der Waals surface area contributed by atoms with Crippen molar-refractivity contribution in [3.63, 3.8) is 0 Å². The average Bonchev–Trinajstić information content (AvgIpc) is 3.08. The van der Waals surface area contributed by atoms with Crippen molar-refractivity contribution in [3.05, 3.63) is 24.3 Å². The van der Waals surface area contributed by atoms with Crippen LogP contribution in [0.1, 0.15) is 33.6 Å². The molecule has 3 N–H and O–H groups in total. The fourth-order valence-electron chi connectivity index (χ4n) is 3.07. The van der Waals surface area contributed by atoms with Crippen LogP contribution < -0.4 is 15.5 Å². The molecule has 1 atom stereocenters. The van der Waals surface area contributed by atoms with Crippen LogP contribution in [-0.2, 0) is 19.6 Å². The SMILES string of the molecule is C[NH+](CC(=O)Nc1ccc(S(=O)(=O)N2CCCC2)cc1)CC(=O)NC(C)(C)C. The Balaban J connectivity index is 1.88. The highest BCUT2D eigenvalue weighted by atomic mass is 32.2. The van der Waals surface area contributed by atoms with Crippen molar-refractivity contribution in [1.82, 2.24) is 9.62 Å². The summed E-state index contributed by atoms with van der Waals surface area (Å²) in [4.78, 5) is 25.1. The minimum absolute atomic E-state index is 0.116. The summed E-state index contributed by atoms with van der Waals surface area (Å²) in [5.74, 6) is -0.356. The van der Waals surface area contributed by atoms with Crippen LogP contribution >= 0.6 is 0 Å². The van der Waals surface area contributed by atoms with Crippen molar-refractivity contribution in [1.29, 1.82) is 0 Å². The van der Waals surface area contributed by atoms with E-state index in [2.05, 4.69) is 10.6 Å². The van der Waals surface area contributed by atoms with Gasteiger partial charge in [-0.15, -0.1) is 0 Å². The van der Waals surface area contributed by atoms with Crippen LogP contribution in [0.5, 0.6) is 0 Å². The summed E-state index contributed by atoms with van der Waals surface area (Å²) in [6.07, 6.45) is 1.77. The second-order valence-electron chi connectivity index (χ2n) is 8.29. The average molecular weight is 412 g/mol. The molecular weight excluding hydrogens is 380 g/mol. The maximum Gasteiger partial charge on any atom is 0.279 e. The summed E-state index contributed by atoms with van der Waals surface area (Å²) in [7, 11) is -1.69. The number of carbonyl (C=O) groups excluding carboxylic acids is 2. The molecule has 28 heavy (non-hydrogen) atoms. The van der Waals surface area contributed by atoms with Gasteiger partial charge in [-0.25, -0.2) is 8.42 Å². The van der Waals surface area contributed by atoms with Gasteiger partial charge in [-0.05, 0) is 57.9 Å². The predicted molar refractivity (Wildman–Crippen MR) is 108 cm³/mol. The van der Waals surface area contributed by atoms with Crippen LogP contribution in [0, 0.1) is 0 Å². The highest BCUT2D eigenvalue weighted by molar-refractivity contribution is 7.89. The first-order chi connectivity index (χ1) is 13.0. The number of hydrogen-bond donors (Lipinski definition) is 3. The Kier molecular flexibility index (Phi) is 7.19. The Morgan fingerprint density at radius 3 is 2.11 bits per heavy atom. The van der Waals surface area contributed by atoms with Crippen LogP contribution in [0.3, 0.4) is 0 Å². The first-order valence-electron chi connectivity index (χ1n) is 9.50. The van der Waals surface area contributed by atoms with Gasteiger partial charge in [-0.3, -0.25) is 9.59 Å². The van der Waals surface area contributed by atoms with Crippen LogP contribution in [0.2, 0.25) is 0 Å². The molecule has 1 fully saturated rings. The van der Waals surface area contributed by atoms with E-state index in [0.717, 1.165) is 17.7 Å². The topological polar surface area (TPSA) is 100 Å². The Labute approximate surface area is 167 Å². The van der Waals surface area contributed by atoms with Gasteiger partial charge in [0.25, 0.3) is 11.8 Å². The highest BCUT2D eigenvalue weighted by Gasteiger charge is 2.27. The van der Waals surface area contributed by atoms with E-state index in [9.17, 15) is 18.0 Å². The predicted octanol–water partition coefficient (Wildman–Crippen LogP) is -0.161. The zero-order chi connectivity index (χ0) is 20.9. The molecule has 0 bridgehead atoms. The Morgan fingerprint density at radius 2 is 1.57 bits per heavy atom. The number of benzene rings is 1. The molecule has 1 unspecified atom stereocenters. The van der Waals surface area contributed by atoms with E-state index in [1.807, 2.05) is 20.8 Å². The molecule has 1 saturated heterocycles. The van der Waals surface area contributed by atoms with Gasteiger partial charge in [0.2, 0.25) is 10.0 Å². The number of anilines is 1. The molecule has 9 heteroatoms. The minimum atomic E-state index is -3.46. The zero-order valence-electron chi connectivity index (χ0n) is 17.0.